The molecule has 0 radical (unpaired) electrons. The highest BCUT2D eigenvalue weighted by molar-refractivity contribution is 8.00. The minimum Gasteiger partial charge on any atom is -0.480 e. The van der Waals surface area contributed by atoms with Crippen LogP contribution in [0.25, 0.3) is 0 Å². The van der Waals surface area contributed by atoms with Crippen molar-refractivity contribution < 1.29 is 19.1 Å². The number of benzene rings is 1. The normalized spacial score (nSPS) is 11.9. The maximum absolute atomic E-state index is 12.8. The van der Waals surface area contributed by atoms with E-state index in [2.05, 4.69) is 0 Å². The Morgan fingerprint density at radius 2 is 2.00 bits per heavy atom. The van der Waals surface area contributed by atoms with E-state index < -0.39 is 12.0 Å². The molecular weight excluding hydrogens is 283 g/mol. The van der Waals surface area contributed by atoms with Gasteiger partial charge in [-0.25, -0.2) is 4.39 Å². The molecule has 0 aromatic heterocycles. The Kier molecular flexibility index (Phi) is 6.47. The number of rotatable bonds is 7. The zero-order chi connectivity index (χ0) is 15.1. The molecule has 0 fully saturated rings. The van der Waals surface area contributed by atoms with E-state index in [0.717, 1.165) is 0 Å². The summed E-state index contributed by atoms with van der Waals surface area (Å²) in [7, 11) is 0. The number of thioether (sulfide) groups is 1. The second kappa shape index (κ2) is 7.86. The fourth-order valence-electron chi connectivity index (χ4n) is 1.55. The van der Waals surface area contributed by atoms with Gasteiger partial charge in [0.05, 0.1) is 5.75 Å². The Morgan fingerprint density at radius 1 is 1.40 bits per heavy atom. The summed E-state index contributed by atoms with van der Waals surface area (Å²) in [6, 6.07) is 4.67. The van der Waals surface area contributed by atoms with Gasteiger partial charge in [-0.3, -0.25) is 9.59 Å². The predicted molar refractivity (Wildman–Crippen MR) is 77.4 cm³/mol. The van der Waals surface area contributed by atoms with Crippen LogP contribution in [-0.2, 0) is 9.59 Å². The number of carboxylic acids is 1. The molecule has 1 aromatic carbocycles. The summed E-state index contributed by atoms with van der Waals surface area (Å²) in [5.74, 6) is -1.31. The van der Waals surface area contributed by atoms with Gasteiger partial charge in [-0.1, -0.05) is 0 Å². The zero-order valence-corrected chi connectivity index (χ0v) is 11.9. The van der Waals surface area contributed by atoms with Gasteiger partial charge in [0, 0.05) is 18.0 Å². The van der Waals surface area contributed by atoms with Gasteiger partial charge in [0.2, 0.25) is 5.91 Å². The number of anilines is 1. The van der Waals surface area contributed by atoms with Crippen molar-refractivity contribution in [2.45, 2.75) is 13.0 Å². The third kappa shape index (κ3) is 4.82. The SMILES string of the molecule is CCN(C(=O)CSCC(N)C(=O)O)c1ccc(F)cc1. The summed E-state index contributed by atoms with van der Waals surface area (Å²) in [6.45, 7) is 2.27. The van der Waals surface area contributed by atoms with Gasteiger partial charge in [0.15, 0.2) is 0 Å². The van der Waals surface area contributed by atoms with Crippen LogP contribution >= 0.6 is 11.8 Å². The lowest BCUT2D eigenvalue weighted by molar-refractivity contribution is -0.137. The first-order valence-corrected chi connectivity index (χ1v) is 7.23. The molecule has 1 unspecified atom stereocenters. The molecule has 1 amide bonds. The highest BCUT2D eigenvalue weighted by Gasteiger charge is 2.16. The fraction of sp³-hybridized carbons (Fsp3) is 0.385. The van der Waals surface area contributed by atoms with E-state index in [9.17, 15) is 14.0 Å². The van der Waals surface area contributed by atoms with Crippen LogP contribution in [0.15, 0.2) is 24.3 Å². The number of hydrogen-bond acceptors (Lipinski definition) is 4. The second-order valence-electron chi connectivity index (χ2n) is 4.07. The van der Waals surface area contributed by atoms with Crippen LogP contribution in [0.1, 0.15) is 6.92 Å². The standard InChI is InChI=1S/C13H17FN2O3S/c1-2-16(10-5-3-9(14)4-6-10)12(17)8-20-7-11(15)13(18)19/h3-6,11H,2,7-8,15H2,1H3,(H,18,19). The van der Waals surface area contributed by atoms with Gasteiger partial charge >= 0.3 is 5.97 Å². The monoisotopic (exact) mass is 300 g/mol. The molecule has 0 aliphatic carbocycles. The first-order chi connectivity index (χ1) is 9.45. The van der Waals surface area contributed by atoms with Crippen molar-refractivity contribution in [2.75, 3.05) is 23.0 Å². The average Bonchev–Trinajstić information content (AvgIpc) is 2.41. The number of carboxylic acid groups (broad SMARTS) is 1. The van der Waals surface area contributed by atoms with E-state index in [0.29, 0.717) is 12.2 Å². The topological polar surface area (TPSA) is 83.6 Å². The van der Waals surface area contributed by atoms with Crippen LogP contribution in [0.4, 0.5) is 10.1 Å². The Bertz CT molecular complexity index is 467. The number of carbonyl (C=O) groups is 2. The first-order valence-electron chi connectivity index (χ1n) is 6.07. The van der Waals surface area contributed by atoms with Crippen LogP contribution < -0.4 is 10.6 Å². The van der Waals surface area contributed by atoms with Gasteiger partial charge in [0.1, 0.15) is 11.9 Å². The second-order valence-corrected chi connectivity index (χ2v) is 5.10. The molecule has 0 spiro atoms. The molecule has 0 saturated heterocycles. The third-order valence-electron chi connectivity index (χ3n) is 2.60. The first kappa shape index (κ1) is 16.5. The summed E-state index contributed by atoms with van der Waals surface area (Å²) in [6.07, 6.45) is 0. The lowest BCUT2D eigenvalue weighted by Gasteiger charge is -2.21. The smallest absolute Gasteiger partial charge is 0.321 e. The summed E-state index contributed by atoms with van der Waals surface area (Å²) < 4.78 is 12.8. The molecule has 0 heterocycles. The number of hydrogen-bond donors (Lipinski definition) is 2. The molecule has 5 nitrogen and oxygen atoms in total. The maximum atomic E-state index is 12.8. The molecule has 1 atom stereocenters. The molecule has 0 bridgehead atoms. The van der Waals surface area contributed by atoms with Crippen molar-refractivity contribution in [3.05, 3.63) is 30.1 Å². The molecule has 1 aromatic rings. The minimum absolute atomic E-state index is 0.131. The third-order valence-corrected chi connectivity index (χ3v) is 3.64. The Morgan fingerprint density at radius 3 is 2.50 bits per heavy atom. The Hall–Kier alpha value is -1.60. The van der Waals surface area contributed by atoms with Crippen LogP contribution in [0.3, 0.4) is 0 Å². The highest BCUT2D eigenvalue weighted by Crippen LogP contribution is 2.16. The summed E-state index contributed by atoms with van der Waals surface area (Å²) in [5.41, 5.74) is 5.97. The van der Waals surface area contributed by atoms with Crippen molar-refractivity contribution in [1.29, 1.82) is 0 Å². The largest absolute Gasteiger partial charge is 0.480 e. The number of carbonyl (C=O) groups excluding carboxylic acids is 1. The Balaban J connectivity index is 2.55. The molecule has 0 aliphatic heterocycles. The molecule has 7 heteroatoms. The molecule has 110 valence electrons. The summed E-state index contributed by atoms with van der Waals surface area (Å²) in [4.78, 5) is 24.1. The molecule has 20 heavy (non-hydrogen) atoms. The number of nitrogens with zero attached hydrogens (tertiary/aromatic N) is 1. The highest BCUT2D eigenvalue weighted by atomic mass is 32.2. The number of nitrogens with two attached hydrogens (primary N) is 1. The van der Waals surface area contributed by atoms with E-state index in [1.54, 1.807) is 0 Å². The lowest BCUT2D eigenvalue weighted by atomic mass is 10.3. The van der Waals surface area contributed by atoms with E-state index in [4.69, 9.17) is 10.8 Å². The van der Waals surface area contributed by atoms with Gasteiger partial charge in [0.25, 0.3) is 0 Å². The summed E-state index contributed by atoms with van der Waals surface area (Å²) >= 11 is 1.17. The molecule has 0 saturated carbocycles. The van der Waals surface area contributed by atoms with Crippen molar-refractivity contribution in [2.24, 2.45) is 5.73 Å². The molecule has 0 aliphatic rings. The quantitative estimate of drug-likeness (QED) is 0.793. The van der Waals surface area contributed by atoms with Crippen molar-refractivity contribution in [3.8, 4) is 0 Å². The van der Waals surface area contributed by atoms with Crippen molar-refractivity contribution in [1.82, 2.24) is 0 Å². The van der Waals surface area contributed by atoms with E-state index >= 15 is 0 Å². The van der Waals surface area contributed by atoms with Gasteiger partial charge in [-0.2, -0.15) is 0 Å². The van der Waals surface area contributed by atoms with E-state index in [1.165, 1.54) is 40.9 Å². The maximum Gasteiger partial charge on any atom is 0.321 e. The number of amides is 1. The average molecular weight is 300 g/mol. The predicted octanol–water partition coefficient (Wildman–Crippen LogP) is 1.32. The van der Waals surface area contributed by atoms with Crippen molar-refractivity contribution in [3.63, 3.8) is 0 Å². The number of aliphatic carboxylic acids is 1. The lowest BCUT2D eigenvalue weighted by Crippen LogP contribution is -2.35. The van der Waals surface area contributed by atoms with Crippen molar-refractivity contribution >= 4 is 29.3 Å². The van der Waals surface area contributed by atoms with Gasteiger partial charge in [-0.05, 0) is 31.2 Å². The molecule has 3 N–H and O–H groups in total. The Labute approximate surface area is 120 Å². The van der Waals surface area contributed by atoms with Crippen LogP contribution in [0, 0.1) is 5.82 Å². The van der Waals surface area contributed by atoms with E-state index in [1.807, 2.05) is 6.92 Å². The van der Waals surface area contributed by atoms with Gasteiger partial charge < -0.3 is 15.7 Å². The molecular formula is C13H17FN2O3S. The van der Waals surface area contributed by atoms with Crippen LogP contribution in [0.2, 0.25) is 0 Å². The number of halogens is 1. The van der Waals surface area contributed by atoms with E-state index in [-0.39, 0.29) is 23.2 Å². The minimum atomic E-state index is -1.09. The van der Waals surface area contributed by atoms with Crippen LogP contribution in [0.5, 0.6) is 0 Å². The molecule has 1 rings (SSSR count). The fourth-order valence-corrected chi connectivity index (χ4v) is 2.39. The zero-order valence-electron chi connectivity index (χ0n) is 11.1. The summed E-state index contributed by atoms with van der Waals surface area (Å²) in [5, 5.41) is 8.64. The van der Waals surface area contributed by atoms with Crippen LogP contribution in [-0.4, -0.2) is 41.1 Å². The van der Waals surface area contributed by atoms with Gasteiger partial charge in [-0.15, -0.1) is 11.8 Å².